The number of halogens is 1. The molecule has 7 heteroatoms. The number of likely N-dealkylation sites (tertiary alicyclic amines) is 1. The van der Waals surface area contributed by atoms with E-state index in [0.29, 0.717) is 18.3 Å². The van der Waals surface area contributed by atoms with Gasteiger partial charge in [-0.3, -0.25) is 0 Å². The maximum atomic E-state index is 14.0. The lowest BCUT2D eigenvalue weighted by molar-refractivity contribution is 0.155. The van der Waals surface area contributed by atoms with Crippen LogP contribution in [0.3, 0.4) is 0 Å². The monoisotopic (exact) mass is 442 g/mol. The number of para-hydroxylation sites is 2. The third-order valence-electron chi connectivity index (χ3n) is 5.53. The van der Waals surface area contributed by atoms with E-state index in [0.717, 1.165) is 63.6 Å². The summed E-state index contributed by atoms with van der Waals surface area (Å²) in [6.07, 6.45) is 3.25. The molecule has 1 heterocycles. The van der Waals surface area contributed by atoms with E-state index in [-0.39, 0.29) is 11.6 Å². The van der Waals surface area contributed by atoms with Crippen LogP contribution in [-0.2, 0) is 11.3 Å². The molecule has 0 unspecified atom stereocenters. The van der Waals surface area contributed by atoms with Crippen molar-refractivity contribution < 1.29 is 13.9 Å². The van der Waals surface area contributed by atoms with Crippen molar-refractivity contribution in [1.82, 2.24) is 15.5 Å². The number of nitrogens with one attached hydrogen (secondary N) is 2. The van der Waals surface area contributed by atoms with E-state index in [1.54, 1.807) is 25.3 Å². The number of nitrogens with zero attached hydrogens (tertiary/aromatic N) is 2. The molecule has 0 radical (unpaired) electrons. The van der Waals surface area contributed by atoms with Crippen molar-refractivity contribution in [3.63, 3.8) is 0 Å². The highest BCUT2D eigenvalue weighted by atomic mass is 19.1. The number of hydrogen-bond donors (Lipinski definition) is 2. The lowest BCUT2D eigenvalue weighted by Crippen LogP contribution is -2.48. The fraction of sp³-hybridized carbons (Fsp3) is 0.480. The lowest BCUT2D eigenvalue weighted by atomic mass is 10.1. The highest BCUT2D eigenvalue weighted by Gasteiger charge is 2.19. The Morgan fingerprint density at radius 2 is 1.81 bits per heavy atom. The Hall–Kier alpha value is -2.64. The number of hydrogen-bond acceptors (Lipinski definition) is 4. The van der Waals surface area contributed by atoms with Gasteiger partial charge in [-0.1, -0.05) is 30.3 Å². The summed E-state index contributed by atoms with van der Waals surface area (Å²) in [6, 6.07) is 14.5. The van der Waals surface area contributed by atoms with Gasteiger partial charge in [0.15, 0.2) is 17.5 Å². The lowest BCUT2D eigenvalue weighted by Gasteiger charge is -2.33. The summed E-state index contributed by atoms with van der Waals surface area (Å²) < 4.78 is 25.0. The number of ether oxygens (including phenoxy) is 2. The van der Waals surface area contributed by atoms with Gasteiger partial charge in [0, 0.05) is 51.5 Å². The molecule has 6 nitrogen and oxygen atoms in total. The molecular formula is C25H35FN4O2. The van der Waals surface area contributed by atoms with Crippen molar-refractivity contribution in [1.29, 1.82) is 0 Å². The SMILES string of the molecule is CCNC(=NCc1ccccc1Oc1ccccc1F)NC1CCN(CCCOC)CC1. The van der Waals surface area contributed by atoms with Gasteiger partial charge in [0.1, 0.15) is 5.75 Å². The van der Waals surface area contributed by atoms with Crippen LogP contribution < -0.4 is 15.4 Å². The van der Waals surface area contributed by atoms with Gasteiger partial charge in [0.2, 0.25) is 0 Å². The van der Waals surface area contributed by atoms with Gasteiger partial charge in [-0.05, 0) is 44.4 Å². The van der Waals surface area contributed by atoms with Crippen LogP contribution in [-0.4, -0.2) is 56.8 Å². The van der Waals surface area contributed by atoms with Crippen molar-refractivity contribution in [3.8, 4) is 11.5 Å². The first-order chi connectivity index (χ1) is 15.7. The molecule has 174 valence electrons. The molecule has 1 aliphatic rings. The third kappa shape index (κ3) is 7.50. The molecule has 0 aliphatic carbocycles. The average Bonchev–Trinajstić information content (AvgIpc) is 2.81. The molecule has 0 atom stereocenters. The summed E-state index contributed by atoms with van der Waals surface area (Å²) in [5.41, 5.74) is 0.904. The number of methoxy groups -OCH3 is 1. The van der Waals surface area contributed by atoms with Gasteiger partial charge in [0.25, 0.3) is 0 Å². The van der Waals surface area contributed by atoms with Gasteiger partial charge in [-0.25, -0.2) is 9.38 Å². The molecular weight excluding hydrogens is 407 g/mol. The highest BCUT2D eigenvalue weighted by molar-refractivity contribution is 5.80. The van der Waals surface area contributed by atoms with Crippen LogP contribution in [0, 0.1) is 5.82 Å². The van der Waals surface area contributed by atoms with Crippen LogP contribution in [0.15, 0.2) is 53.5 Å². The minimum atomic E-state index is -0.380. The Bertz CT molecular complexity index is 853. The van der Waals surface area contributed by atoms with Crippen molar-refractivity contribution in [3.05, 3.63) is 59.9 Å². The molecule has 0 bridgehead atoms. The zero-order valence-corrected chi connectivity index (χ0v) is 19.1. The number of guanidine groups is 1. The molecule has 1 aliphatic heterocycles. The van der Waals surface area contributed by atoms with E-state index in [1.165, 1.54) is 6.07 Å². The summed E-state index contributed by atoms with van der Waals surface area (Å²) in [5, 5.41) is 6.92. The summed E-state index contributed by atoms with van der Waals surface area (Å²) in [6.45, 7) is 7.36. The number of aliphatic imine (C=N–C) groups is 1. The van der Waals surface area contributed by atoms with E-state index in [9.17, 15) is 4.39 Å². The van der Waals surface area contributed by atoms with Crippen LogP contribution >= 0.6 is 0 Å². The van der Waals surface area contributed by atoms with Gasteiger partial charge < -0.3 is 25.0 Å². The average molecular weight is 443 g/mol. The Labute approximate surface area is 190 Å². The first-order valence-electron chi connectivity index (χ1n) is 11.5. The van der Waals surface area contributed by atoms with Crippen LogP contribution in [0.2, 0.25) is 0 Å². The van der Waals surface area contributed by atoms with E-state index in [1.807, 2.05) is 24.3 Å². The predicted molar refractivity (Wildman–Crippen MR) is 127 cm³/mol. The maximum Gasteiger partial charge on any atom is 0.191 e. The Morgan fingerprint density at radius 1 is 1.09 bits per heavy atom. The van der Waals surface area contributed by atoms with Crippen molar-refractivity contribution in [2.75, 3.05) is 39.9 Å². The normalized spacial score (nSPS) is 15.5. The second-order valence-electron chi connectivity index (χ2n) is 7.94. The zero-order valence-electron chi connectivity index (χ0n) is 19.1. The predicted octanol–water partition coefficient (Wildman–Crippen LogP) is 4.17. The van der Waals surface area contributed by atoms with E-state index in [4.69, 9.17) is 14.5 Å². The Kier molecular flexibility index (Phi) is 9.78. The Balaban J connectivity index is 1.58. The maximum absolute atomic E-state index is 14.0. The van der Waals surface area contributed by atoms with Crippen LogP contribution in [0.25, 0.3) is 0 Å². The molecule has 0 saturated carbocycles. The minimum absolute atomic E-state index is 0.214. The molecule has 2 aromatic rings. The summed E-state index contributed by atoms with van der Waals surface area (Å²) in [5.74, 6) is 1.24. The standard InChI is InChI=1S/C25H35FN4O2/c1-3-27-25(29-21-13-16-30(17-14-21)15-8-18-31-2)28-19-20-9-4-6-11-23(20)32-24-12-7-5-10-22(24)26/h4-7,9-12,21H,3,8,13-19H2,1-2H3,(H2,27,28,29). The number of rotatable bonds is 10. The summed E-state index contributed by atoms with van der Waals surface area (Å²) >= 11 is 0. The van der Waals surface area contributed by atoms with Crippen LogP contribution in [0.5, 0.6) is 11.5 Å². The molecule has 2 aromatic carbocycles. The molecule has 1 fully saturated rings. The summed E-state index contributed by atoms with van der Waals surface area (Å²) in [7, 11) is 1.75. The van der Waals surface area contributed by atoms with Crippen molar-refractivity contribution in [2.24, 2.45) is 4.99 Å². The summed E-state index contributed by atoms with van der Waals surface area (Å²) in [4.78, 5) is 7.27. The molecule has 2 N–H and O–H groups in total. The van der Waals surface area contributed by atoms with Gasteiger partial charge in [-0.2, -0.15) is 0 Å². The van der Waals surface area contributed by atoms with E-state index < -0.39 is 0 Å². The van der Waals surface area contributed by atoms with Gasteiger partial charge >= 0.3 is 0 Å². The largest absolute Gasteiger partial charge is 0.454 e. The van der Waals surface area contributed by atoms with Crippen LogP contribution in [0.4, 0.5) is 4.39 Å². The quantitative estimate of drug-likeness (QED) is 0.329. The minimum Gasteiger partial charge on any atom is -0.454 e. The second kappa shape index (κ2) is 13.0. The zero-order chi connectivity index (χ0) is 22.6. The number of benzene rings is 2. The highest BCUT2D eigenvalue weighted by Crippen LogP contribution is 2.27. The van der Waals surface area contributed by atoms with Crippen molar-refractivity contribution >= 4 is 5.96 Å². The van der Waals surface area contributed by atoms with Crippen molar-refractivity contribution in [2.45, 2.75) is 38.8 Å². The first-order valence-corrected chi connectivity index (χ1v) is 11.5. The topological polar surface area (TPSA) is 58.1 Å². The smallest absolute Gasteiger partial charge is 0.191 e. The van der Waals surface area contributed by atoms with E-state index >= 15 is 0 Å². The van der Waals surface area contributed by atoms with E-state index in [2.05, 4.69) is 22.5 Å². The van der Waals surface area contributed by atoms with Crippen LogP contribution in [0.1, 0.15) is 31.7 Å². The molecule has 3 rings (SSSR count). The second-order valence-corrected chi connectivity index (χ2v) is 7.94. The molecule has 0 aromatic heterocycles. The van der Waals surface area contributed by atoms with Gasteiger partial charge in [0.05, 0.1) is 6.54 Å². The molecule has 0 amide bonds. The fourth-order valence-corrected chi connectivity index (χ4v) is 3.79. The van der Waals surface area contributed by atoms with Gasteiger partial charge in [-0.15, -0.1) is 0 Å². The number of piperidine rings is 1. The first kappa shape index (κ1) is 24.0. The molecule has 1 saturated heterocycles. The fourth-order valence-electron chi connectivity index (χ4n) is 3.79. The molecule has 32 heavy (non-hydrogen) atoms. The third-order valence-corrected chi connectivity index (χ3v) is 5.53. The Morgan fingerprint density at radius 3 is 2.53 bits per heavy atom. The molecule has 0 spiro atoms.